The Labute approximate surface area is 222 Å². The maximum atomic E-state index is 4.61. The smallest absolute Gasteiger partial charge is 0.00817 e. The van der Waals surface area contributed by atoms with Crippen LogP contribution in [0.4, 0.5) is 0 Å². The van der Waals surface area contributed by atoms with Crippen LogP contribution in [0.5, 0.6) is 0 Å². The second kappa shape index (κ2) is 14.4. The van der Waals surface area contributed by atoms with Crippen LogP contribution in [0, 0.1) is 39.9 Å². The lowest BCUT2D eigenvalue weighted by Gasteiger charge is -2.34. The first-order chi connectivity index (χ1) is 15.9. The molecular weight excluding hydrogens is 420 g/mol. The van der Waals surface area contributed by atoms with E-state index in [-0.39, 0.29) is 10.8 Å². The molecule has 0 spiro atoms. The molecular formula is C35H62. The number of allylic oxidation sites excluding steroid dienone is 8. The van der Waals surface area contributed by atoms with Crippen molar-refractivity contribution >= 4 is 0 Å². The van der Waals surface area contributed by atoms with Gasteiger partial charge in [0.1, 0.15) is 0 Å². The highest BCUT2D eigenvalue weighted by Crippen LogP contribution is 2.40. The Hall–Kier alpha value is -1.30. The average Bonchev–Trinajstić information content (AvgIpc) is 2.67. The number of rotatable bonds is 15. The molecule has 0 bridgehead atoms. The van der Waals surface area contributed by atoms with Crippen molar-refractivity contribution in [2.45, 2.75) is 122 Å². The molecule has 0 heteroatoms. The normalized spacial score (nSPS) is 16.8. The lowest BCUT2D eigenvalue weighted by molar-refractivity contribution is 0.253. The minimum atomic E-state index is 0.129. The summed E-state index contributed by atoms with van der Waals surface area (Å²) < 4.78 is 0. The van der Waals surface area contributed by atoms with Gasteiger partial charge in [-0.25, -0.2) is 0 Å². The van der Waals surface area contributed by atoms with E-state index in [1.807, 2.05) is 0 Å². The van der Waals surface area contributed by atoms with E-state index in [0.717, 1.165) is 12.8 Å². The molecule has 0 saturated heterocycles. The average molecular weight is 483 g/mol. The largest absolute Gasteiger partial charge is 0.0955 e. The van der Waals surface area contributed by atoms with Crippen LogP contribution >= 0.6 is 0 Å². The van der Waals surface area contributed by atoms with Gasteiger partial charge in [-0.2, -0.15) is 0 Å². The zero-order valence-electron chi connectivity index (χ0n) is 26.1. The van der Waals surface area contributed by atoms with Crippen molar-refractivity contribution in [3.63, 3.8) is 0 Å². The SMILES string of the molecule is C=C(/C=C\C(=C/C)C(C)(C)CC(C)(C)C)C([C@@H](C)/C=C\C(=C)C(C)(C)CC(C)C)[C@@H](C)CCCC. The molecule has 0 aliphatic carbocycles. The quantitative estimate of drug-likeness (QED) is 0.203. The summed E-state index contributed by atoms with van der Waals surface area (Å²) in [5.74, 6) is 2.11. The number of unbranched alkanes of at least 4 members (excludes halogenated alkanes) is 1. The minimum absolute atomic E-state index is 0.129. The highest BCUT2D eigenvalue weighted by Gasteiger charge is 2.29. The van der Waals surface area contributed by atoms with Gasteiger partial charge < -0.3 is 0 Å². The molecule has 0 heterocycles. The van der Waals surface area contributed by atoms with Gasteiger partial charge in [0.05, 0.1) is 0 Å². The molecule has 0 aromatic rings. The molecule has 0 aliphatic rings. The molecule has 0 N–H and O–H groups in total. The summed E-state index contributed by atoms with van der Waals surface area (Å²) in [6.45, 7) is 39.3. The van der Waals surface area contributed by atoms with Gasteiger partial charge in [-0.15, -0.1) is 0 Å². The summed E-state index contributed by atoms with van der Waals surface area (Å²) in [5, 5.41) is 0. The van der Waals surface area contributed by atoms with Gasteiger partial charge in [0.2, 0.25) is 0 Å². The molecule has 0 radical (unpaired) electrons. The van der Waals surface area contributed by atoms with E-state index < -0.39 is 0 Å². The van der Waals surface area contributed by atoms with Crippen LogP contribution in [0.25, 0.3) is 0 Å². The zero-order valence-corrected chi connectivity index (χ0v) is 26.1. The maximum absolute atomic E-state index is 4.61. The van der Waals surface area contributed by atoms with Gasteiger partial charge in [0.25, 0.3) is 0 Å². The fourth-order valence-electron chi connectivity index (χ4n) is 6.14. The zero-order chi connectivity index (χ0) is 27.6. The summed E-state index contributed by atoms with van der Waals surface area (Å²) in [4.78, 5) is 0. The third-order valence-corrected chi connectivity index (χ3v) is 7.55. The molecule has 0 saturated carbocycles. The predicted octanol–water partition coefficient (Wildman–Crippen LogP) is 11.8. The first-order valence-electron chi connectivity index (χ1n) is 14.3. The van der Waals surface area contributed by atoms with Crippen LogP contribution in [0.2, 0.25) is 0 Å². The van der Waals surface area contributed by atoms with Gasteiger partial charge in [0.15, 0.2) is 0 Å². The summed E-state index contributed by atoms with van der Waals surface area (Å²) in [6.07, 6.45) is 17.7. The molecule has 0 amide bonds. The van der Waals surface area contributed by atoms with Crippen molar-refractivity contribution in [1.82, 2.24) is 0 Å². The van der Waals surface area contributed by atoms with Gasteiger partial charge in [-0.05, 0) is 70.8 Å². The molecule has 1 unspecified atom stereocenters. The third kappa shape index (κ3) is 12.5. The Balaban J connectivity index is 5.85. The number of hydrogen-bond donors (Lipinski definition) is 0. The molecule has 3 atom stereocenters. The van der Waals surface area contributed by atoms with Crippen molar-refractivity contribution in [2.75, 3.05) is 0 Å². The maximum Gasteiger partial charge on any atom is -0.00817 e. The summed E-state index contributed by atoms with van der Waals surface area (Å²) in [6, 6.07) is 0. The van der Waals surface area contributed by atoms with Crippen LogP contribution in [0.1, 0.15) is 122 Å². The Kier molecular flexibility index (Phi) is 13.9. The van der Waals surface area contributed by atoms with Crippen LogP contribution in [0.15, 0.2) is 60.3 Å². The summed E-state index contributed by atoms with van der Waals surface area (Å²) >= 11 is 0. The van der Waals surface area contributed by atoms with E-state index in [4.69, 9.17) is 0 Å². The Morgan fingerprint density at radius 2 is 1.40 bits per heavy atom. The Morgan fingerprint density at radius 1 is 0.829 bits per heavy atom. The van der Waals surface area contributed by atoms with Gasteiger partial charge in [0, 0.05) is 0 Å². The minimum Gasteiger partial charge on any atom is -0.0955 e. The van der Waals surface area contributed by atoms with Crippen molar-refractivity contribution in [1.29, 1.82) is 0 Å². The van der Waals surface area contributed by atoms with E-state index in [0.29, 0.717) is 29.1 Å². The van der Waals surface area contributed by atoms with Gasteiger partial charge in [-0.3, -0.25) is 0 Å². The van der Waals surface area contributed by atoms with Gasteiger partial charge in [-0.1, -0.05) is 151 Å². The van der Waals surface area contributed by atoms with Crippen LogP contribution < -0.4 is 0 Å². The number of hydrogen-bond acceptors (Lipinski definition) is 0. The highest BCUT2D eigenvalue weighted by molar-refractivity contribution is 5.33. The molecule has 0 aromatic heterocycles. The van der Waals surface area contributed by atoms with Crippen LogP contribution in [-0.2, 0) is 0 Å². The Bertz CT molecular complexity index is 741. The topological polar surface area (TPSA) is 0 Å². The molecule has 0 rings (SSSR count). The standard InChI is InChI=1S/C35H62/c1-16-18-19-27(5)32(28(6)20-22-30(8)34(12,13)24-26(3)4)29(7)21-23-31(17-2)35(14,15)25-33(9,10)11/h17,20-23,26-28,32H,7-8,16,18-19,24-25H2,1-6,9-15H3/b22-20-,23-21-,31-17+/t27-,28-,32?/m0/s1. The van der Waals surface area contributed by atoms with Crippen LogP contribution in [0.3, 0.4) is 0 Å². The first-order valence-corrected chi connectivity index (χ1v) is 14.3. The van der Waals surface area contributed by atoms with Crippen molar-refractivity contribution < 1.29 is 0 Å². The van der Waals surface area contributed by atoms with Crippen molar-refractivity contribution in [2.24, 2.45) is 39.9 Å². The van der Waals surface area contributed by atoms with E-state index >= 15 is 0 Å². The summed E-state index contributed by atoms with van der Waals surface area (Å²) in [5.41, 5.74) is 4.45. The Morgan fingerprint density at radius 3 is 1.86 bits per heavy atom. The first kappa shape index (κ1) is 33.7. The summed E-state index contributed by atoms with van der Waals surface area (Å²) in [7, 11) is 0. The molecule has 35 heavy (non-hydrogen) atoms. The van der Waals surface area contributed by atoms with E-state index in [1.54, 1.807) is 0 Å². The second-order valence-corrected chi connectivity index (χ2v) is 14.1. The van der Waals surface area contributed by atoms with E-state index in [9.17, 15) is 0 Å². The van der Waals surface area contributed by atoms with Crippen molar-refractivity contribution in [3.8, 4) is 0 Å². The lowest BCUT2D eigenvalue weighted by Crippen LogP contribution is -2.23. The predicted molar refractivity (Wildman–Crippen MR) is 163 cm³/mol. The lowest BCUT2D eigenvalue weighted by atomic mass is 9.71. The highest BCUT2D eigenvalue weighted by atomic mass is 14.3. The molecule has 0 aromatic carbocycles. The third-order valence-electron chi connectivity index (χ3n) is 7.55. The fraction of sp³-hybridized carbons (Fsp3) is 0.714. The van der Waals surface area contributed by atoms with Gasteiger partial charge >= 0.3 is 0 Å². The molecule has 202 valence electrons. The fourth-order valence-corrected chi connectivity index (χ4v) is 6.14. The second-order valence-electron chi connectivity index (χ2n) is 14.1. The molecule has 0 aliphatic heterocycles. The molecule has 0 fully saturated rings. The van der Waals surface area contributed by atoms with Crippen LogP contribution in [-0.4, -0.2) is 0 Å². The monoisotopic (exact) mass is 482 g/mol. The van der Waals surface area contributed by atoms with Crippen molar-refractivity contribution in [3.05, 3.63) is 60.3 Å². The van der Waals surface area contributed by atoms with E-state index in [1.165, 1.54) is 36.0 Å². The molecule has 0 nitrogen and oxygen atoms in total. The van der Waals surface area contributed by atoms with E-state index in [2.05, 4.69) is 134 Å².